The molecule has 2 aromatic heterocycles. The molecule has 5 heteroatoms. The number of carbonyl (C=O) groups is 1. The van der Waals surface area contributed by atoms with Crippen molar-refractivity contribution in [1.29, 1.82) is 0 Å². The van der Waals surface area contributed by atoms with Gasteiger partial charge in [0.15, 0.2) is 17.6 Å². The largest absolute Gasteiger partial charge is 0.503 e. The fourth-order valence-electron chi connectivity index (χ4n) is 1.79. The summed E-state index contributed by atoms with van der Waals surface area (Å²) in [5.74, 6) is -0.752. The highest BCUT2D eigenvalue weighted by atomic mass is 16.4. The van der Waals surface area contributed by atoms with Crippen LogP contribution in [-0.4, -0.2) is 11.4 Å². The Morgan fingerprint density at radius 2 is 1.94 bits per heavy atom. The molecule has 5 nitrogen and oxygen atoms in total. The predicted octanol–water partition coefficient (Wildman–Crippen LogP) is 2.06. The summed E-state index contributed by atoms with van der Waals surface area (Å²) in [5, 5.41) is 10.1. The van der Waals surface area contributed by atoms with Gasteiger partial charge in [-0.25, -0.2) is 4.79 Å². The number of fused-ring (bicyclic) bond motifs is 3. The number of aldehydes is 1. The van der Waals surface area contributed by atoms with Crippen LogP contribution in [0.3, 0.4) is 0 Å². The smallest absolute Gasteiger partial charge is 0.351 e. The third-order valence-electron chi connectivity index (χ3n) is 2.55. The van der Waals surface area contributed by atoms with Crippen LogP contribution in [0.5, 0.6) is 5.75 Å². The van der Waals surface area contributed by atoms with Crippen LogP contribution in [0.15, 0.2) is 37.9 Å². The monoisotopic (exact) mass is 230 g/mol. The molecule has 17 heavy (non-hydrogen) atoms. The number of aromatic hydroxyl groups is 1. The van der Waals surface area contributed by atoms with Crippen LogP contribution >= 0.6 is 0 Å². The van der Waals surface area contributed by atoms with Crippen molar-refractivity contribution in [3.63, 3.8) is 0 Å². The van der Waals surface area contributed by atoms with Crippen molar-refractivity contribution >= 4 is 28.2 Å². The van der Waals surface area contributed by atoms with E-state index in [1.165, 1.54) is 0 Å². The minimum atomic E-state index is -0.729. The van der Waals surface area contributed by atoms with Gasteiger partial charge in [-0.15, -0.1) is 0 Å². The van der Waals surface area contributed by atoms with Gasteiger partial charge >= 0.3 is 5.63 Å². The lowest BCUT2D eigenvalue weighted by Gasteiger charge is -1.95. The van der Waals surface area contributed by atoms with E-state index in [1.54, 1.807) is 24.3 Å². The molecule has 0 aliphatic heterocycles. The molecule has 0 aliphatic rings. The van der Waals surface area contributed by atoms with Gasteiger partial charge in [0.2, 0.25) is 5.76 Å². The van der Waals surface area contributed by atoms with E-state index < -0.39 is 11.4 Å². The highest BCUT2D eigenvalue weighted by Crippen LogP contribution is 2.32. The first kappa shape index (κ1) is 9.65. The molecule has 0 saturated carbocycles. The number of hydrogen-bond acceptors (Lipinski definition) is 5. The molecule has 1 N–H and O–H groups in total. The van der Waals surface area contributed by atoms with Gasteiger partial charge in [0.1, 0.15) is 11.0 Å². The molecule has 84 valence electrons. The van der Waals surface area contributed by atoms with Crippen LogP contribution in [0.1, 0.15) is 10.6 Å². The second-order valence-electron chi connectivity index (χ2n) is 3.52. The van der Waals surface area contributed by atoms with Gasteiger partial charge in [-0.05, 0) is 12.1 Å². The van der Waals surface area contributed by atoms with Crippen LogP contribution in [-0.2, 0) is 0 Å². The molecular formula is C12H6O5. The van der Waals surface area contributed by atoms with Crippen LogP contribution in [0.25, 0.3) is 21.9 Å². The van der Waals surface area contributed by atoms with E-state index in [0.717, 1.165) is 0 Å². The van der Waals surface area contributed by atoms with E-state index in [2.05, 4.69) is 0 Å². The van der Waals surface area contributed by atoms with E-state index in [9.17, 15) is 14.7 Å². The van der Waals surface area contributed by atoms with Gasteiger partial charge < -0.3 is 13.9 Å². The minimum Gasteiger partial charge on any atom is -0.503 e. The standard InChI is InChI=1S/C12H6O5/c13-5-8-10(14)9-11(16-8)6-3-1-2-4-7(6)17-12(9)15/h1-5,14H. The Hall–Kier alpha value is -2.56. The lowest BCUT2D eigenvalue weighted by atomic mass is 10.2. The summed E-state index contributed by atoms with van der Waals surface area (Å²) in [7, 11) is 0. The summed E-state index contributed by atoms with van der Waals surface area (Å²) >= 11 is 0. The molecule has 0 unspecified atom stereocenters. The zero-order chi connectivity index (χ0) is 12.0. The molecule has 0 amide bonds. The summed E-state index contributed by atoms with van der Waals surface area (Å²) in [6, 6.07) is 6.73. The van der Waals surface area contributed by atoms with Gasteiger partial charge in [-0.3, -0.25) is 4.79 Å². The molecule has 3 rings (SSSR count). The Balaban J connectivity index is 2.66. The number of hydrogen-bond donors (Lipinski definition) is 1. The van der Waals surface area contributed by atoms with Crippen LogP contribution < -0.4 is 5.63 Å². The Morgan fingerprint density at radius 3 is 2.71 bits per heavy atom. The van der Waals surface area contributed by atoms with E-state index in [1.807, 2.05) is 0 Å². The summed E-state index contributed by atoms with van der Waals surface area (Å²) in [4.78, 5) is 22.3. The SMILES string of the molecule is O=Cc1oc2c(c1O)c(=O)oc1ccccc12. The zero-order valence-electron chi connectivity index (χ0n) is 8.47. The van der Waals surface area contributed by atoms with Crippen molar-refractivity contribution in [2.45, 2.75) is 0 Å². The van der Waals surface area contributed by atoms with Gasteiger partial charge in [0.25, 0.3) is 0 Å². The average molecular weight is 230 g/mol. The second kappa shape index (κ2) is 3.21. The van der Waals surface area contributed by atoms with Crippen LogP contribution in [0.2, 0.25) is 0 Å². The molecule has 1 aromatic carbocycles. The van der Waals surface area contributed by atoms with Gasteiger partial charge in [-0.1, -0.05) is 12.1 Å². The maximum absolute atomic E-state index is 11.6. The average Bonchev–Trinajstić information content (AvgIpc) is 2.67. The maximum atomic E-state index is 11.6. The van der Waals surface area contributed by atoms with Gasteiger partial charge in [0.05, 0.1) is 5.39 Å². The predicted molar refractivity (Wildman–Crippen MR) is 59.3 cm³/mol. The molecular weight excluding hydrogens is 224 g/mol. The topological polar surface area (TPSA) is 80.6 Å². The lowest BCUT2D eigenvalue weighted by molar-refractivity contribution is 0.109. The molecule has 0 aliphatic carbocycles. The Bertz CT molecular complexity index is 794. The summed E-state index contributed by atoms with van der Waals surface area (Å²) in [5.41, 5.74) is -0.222. The highest BCUT2D eigenvalue weighted by Gasteiger charge is 2.19. The Kier molecular flexibility index (Phi) is 1.82. The third kappa shape index (κ3) is 1.19. The summed E-state index contributed by atoms with van der Waals surface area (Å²) in [6.45, 7) is 0. The highest BCUT2D eigenvalue weighted by molar-refractivity contribution is 6.05. The molecule has 3 aromatic rings. The van der Waals surface area contributed by atoms with Crippen LogP contribution in [0, 0.1) is 0 Å². The summed E-state index contributed by atoms with van der Waals surface area (Å²) in [6.07, 6.45) is 0.351. The maximum Gasteiger partial charge on any atom is 0.351 e. The fraction of sp³-hybridized carbons (Fsp3) is 0. The first-order valence-electron chi connectivity index (χ1n) is 4.85. The number of benzene rings is 1. The summed E-state index contributed by atoms with van der Waals surface area (Å²) < 4.78 is 10.2. The number of furan rings is 1. The van der Waals surface area contributed by atoms with Crippen molar-refractivity contribution in [3.8, 4) is 5.75 Å². The quantitative estimate of drug-likeness (QED) is 0.511. The molecule has 0 saturated heterocycles. The normalized spacial score (nSPS) is 11.1. The number of para-hydroxylation sites is 1. The van der Waals surface area contributed by atoms with Crippen molar-refractivity contribution in [2.24, 2.45) is 0 Å². The molecule has 0 atom stereocenters. The van der Waals surface area contributed by atoms with Gasteiger partial charge in [0, 0.05) is 0 Å². The molecule has 0 fully saturated rings. The third-order valence-corrected chi connectivity index (χ3v) is 2.55. The van der Waals surface area contributed by atoms with E-state index in [0.29, 0.717) is 17.3 Å². The Labute approximate surface area is 93.9 Å². The van der Waals surface area contributed by atoms with E-state index in [-0.39, 0.29) is 16.7 Å². The van der Waals surface area contributed by atoms with Crippen molar-refractivity contribution in [1.82, 2.24) is 0 Å². The van der Waals surface area contributed by atoms with Crippen molar-refractivity contribution in [2.75, 3.05) is 0 Å². The fourth-order valence-corrected chi connectivity index (χ4v) is 1.79. The van der Waals surface area contributed by atoms with E-state index in [4.69, 9.17) is 8.83 Å². The lowest BCUT2D eigenvalue weighted by Crippen LogP contribution is -1.97. The van der Waals surface area contributed by atoms with E-state index >= 15 is 0 Å². The number of rotatable bonds is 1. The molecule has 2 heterocycles. The Morgan fingerprint density at radius 1 is 1.18 bits per heavy atom. The second-order valence-corrected chi connectivity index (χ2v) is 3.52. The molecule has 0 radical (unpaired) electrons. The number of carbonyl (C=O) groups excluding carboxylic acids is 1. The molecule has 0 spiro atoms. The minimum absolute atomic E-state index is 0.106. The van der Waals surface area contributed by atoms with Crippen LogP contribution in [0.4, 0.5) is 0 Å². The van der Waals surface area contributed by atoms with Gasteiger partial charge in [-0.2, -0.15) is 0 Å². The molecule has 0 bridgehead atoms. The zero-order valence-corrected chi connectivity index (χ0v) is 8.47. The first-order chi connectivity index (χ1) is 8.22. The van der Waals surface area contributed by atoms with Crippen molar-refractivity contribution < 1.29 is 18.7 Å². The first-order valence-corrected chi connectivity index (χ1v) is 4.85. The van der Waals surface area contributed by atoms with Crippen molar-refractivity contribution in [3.05, 3.63) is 40.4 Å².